The second kappa shape index (κ2) is 14.6. The molecule has 0 spiro atoms. The van der Waals surface area contributed by atoms with Gasteiger partial charge in [0.25, 0.3) is 0 Å². The molecule has 10 nitrogen and oxygen atoms in total. The Balaban J connectivity index is 1.18. The van der Waals surface area contributed by atoms with Crippen LogP contribution in [0.4, 0.5) is 14.6 Å². The average molecular weight is 757 g/mol. The molecule has 0 unspecified atom stereocenters. The summed E-state index contributed by atoms with van der Waals surface area (Å²) < 4.78 is 55.2. The first-order valence-electron chi connectivity index (χ1n) is 18.1. The first kappa shape index (κ1) is 35.9. The number of aryl methyl sites for hydroxylation is 1. The summed E-state index contributed by atoms with van der Waals surface area (Å²) >= 11 is 7.13. The fraction of sp³-hybridized carbons (Fsp3) is 0.366. The molecule has 0 aliphatic carbocycles. The lowest BCUT2D eigenvalue weighted by molar-refractivity contribution is 0.0260. The molecule has 2 saturated heterocycles. The van der Waals surface area contributed by atoms with Gasteiger partial charge >= 0.3 is 5.95 Å². The topological polar surface area (TPSA) is 83.9 Å². The number of methoxy groups -OCH3 is 2. The van der Waals surface area contributed by atoms with Crippen molar-refractivity contribution in [2.75, 3.05) is 52.5 Å². The number of rotatable bonds is 11. The first-order chi connectivity index (χ1) is 26.1. The van der Waals surface area contributed by atoms with E-state index in [1.807, 2.05) is 74.6 Å². The van der Waals surface area contributed by atoms with Gasteiger partial charge in [0.15, 0.2) is 11.6 Å². The molecule has 282 valence electrons. The SMILES string of the molecule is COc1ccc(CN(Cc2ccc(OC)cc2)c2cc(C)cc(-c3c(F)c4c5c(c3Cl)=NCNC=5N(C)C=C(OC[C@@]35CCCN3C[C@H](F)C5)O4)n2)cc1. The van der Waals surface area contributed by atoms with Crippen LogP contribution in [0, 0.1) is 12.7 Å². The van der Waals surface area contributed by atoms with Crippen LogP contribution in [0.2, 0.25) is 5.02 Å². The van der Waals surface area contributed by atoms with E-state index in [0.717, 1.165) is 47.6 Å². The third-order valence-corrected chi connectivity index (χ3v) is 11.1. The van der Waals surface area contributed by atoms with Crippen LogP contribution in [0.5, 0.6) is 17.2 Å². The summed E-state index contributed by atoms with van der Waals surface area (Å²) in [5.74, 6) is 2.08. The minimum Gasteiger partial charge on any atom is -0.497 e. The molecule has 54 heavy (non-hydrogen) atoms. The van der Waals surface area contributed by atoms with Crippen LogP contribution in [0.15, 0.2) is 77.8 Å². The molecular formula is C41H43ClF2N6O4. The van der Waals surface area contributed by atoms with Crippen molar-refractivity contribution < 1.29 is 27.7 Å². The van der Waals surface area contributed by atoms with Gasteiger partial charge in [0.05, 0.1) is 52.8 Å². The summed E-state index contributed by atoms with van der Waals surface area (Å²) in [4.78, 5) is 15.8. The van der Waals surface area contributed by atoms with E-state index in [2.05, 4.69) is 20.1 Å². The fourth-order valence-corrected chi connectivity index (χ4v) is 8.39. The summed E-state index contributed by atoms with van der Waals surface area (Å²) in [6, 6.07) is 19.6. The molecule has 4 aliphatic rings. The number of aromatic nitrogens is 1. The van der Waals surface area contributed by atoms with E-state index in [-0.39, 0.29) is 35.6 Å². The first-order valence-corrected chi connectivity index (χ1v) is 18.5. The monoisotopic (exact) mass is 756 g/mol. The standard InChI is InChI=1S/C41H43ClF2N6O4/c1-25-16-31(47-32(17-25)49(19-26-6-10-29(51-3)11-7-26)20-27-8-12-30(52-4)13-9-27)34-36(42)38-35-39(37(34)44)54-33(22-48(2)40(35)46-24-45-38)53-23-41-14-5-15-50(41)21-28(43)18-41/h6-13,16-17,22,28,46H,5,14-15,18-21,23-24H2,1-4H3/t28-,41+/m1/s1. The molecule has 2 fully saturated rings. The zero-order chi connectivity index (χ0) is 37.6. The number of halogens is 3. The fourth-order valence-electron chi connectivity index (χ4n) is 8.06. The molecule has 2 atom stereocenters. The van der Waals surface area contributed by atoms with E-state index in [9.17, 15) is 4.39 Å². The Morgan fingerprint density at radius 1 is 1.04 bits per heavy atom. The lowest BCUT2D eigenvalue weighted by Crippen LogP contribution is -2.43. The summed E-state index contributed by atoms with van der Waals surface area (Å²) in [7, 11) is 5.10. The van der Waals surface area contributed by atoms with Gasteiger partial charge in [-0.2, -0.15) is 0 Å². The van der Waals surface area contributed by atoms with E-state index in [1.54, 1.807) is 25.3 Å². The van der Waals surface area contributed by atoms with Crippen LogP contribution < -0.4 is 35.0 Å². The van der Waals surface area contributed by atoms with Crippen molar-refractivity contribution in [1.82, 2.24) is 20.1 Å². The van der Waals surface area contributed by atoms with Crippen LogP contribution in [0.3, 0.4) is 0 Å². The lowest BCUT2D eigenvalue weighted by Gasteiger charge is -2.31. The number of fused-ring (bicyclic) bond motifs is 1. The number of hydrogen-bond donors (Lipinski definition) is 1. The van der Waals surface area contributed by atoms with E-state index in [0.29, 0.717) is 54.0 Å². The highest BCUT2D eigenvalue weighted by atomic mass is 35.5. The number of nitrogens with one attached hydrogen (secondary N) is 1. The van der Waals surface area contributed by atoms with Crippen molar-refractivity contribution >= 4 is 23.2 Å². The zero-order valence-corrected chi connectivity index (χ0v) is 31.6. The normalized spacial score (nSPS) is 20.2. The largest absolute Gasteiger partial charge is 0.497 e. The number of pyridine rings is 1. The summed E-state index contributed by atoms with van der Waals surface area (Å²) in [5, 5.41) is 4.17. The van der Waals surface area contributed by atoms with E-state index < -0.39 is 17.5 Å². The predicted octanol–water partition coefficient (Wildman–Crippen LogP) is 6.04. The smallest absolute Gasteiger partial charge is 0.302 e. The summed E-state index contributed by atoms with van der Waals surface area (Å²) in [6.07, 6.45) is 2.98. The van der Waals surface area contributed by atoms with Gasteiger partial charge in [-0.15, -0.1) is 0 Å². The van der Waals surface area contributed by atoms with Gasteiger partial charge in [0, 0.05) is 33.1 Å². The molecule has 0 amide bonds. The van der Waals surface area contributed by atoms with Crippen LogP contribution in [0.1, 0.15) is 36.0 Å². The third-order valence-electron chi connectivity index (χ3n) is 10.7. The van der Waals surface area contributed by atoms with Crippen LogP contribution in [0.25, 0.3) is 17.1 Å². The Kier molecular flexibility index (Phi) is 9.74. The highest BCUT2D eigenvalue weighted by Gasteiger charge is 2.49. The summed E-state index contributed by atoms with van der Waals surface area (Å²) in [5.41, 5.74) is 2.95. The van der Waals surface area contributed by atoms with Crippen molar-refractivity contribution in [2.24, 2.45) is 4.99 Å². The lowest BCUT2D eigenvalue weighted by atomic mass is 9.95. The zero-order valence-electron chi connectivity index (χ0n) is 30.8. The maximum atomic E-state index is 17.3. The van der Waals surface area contributed by atoms with E-state index >= 15 is 4.39 Å². The second-order valence-corrected chi connectivity index (χ2v) is 14.7. The number of ether oxygens (including phenoxy) is 4. The quantitative estimate of drug-likeness (QED) is 0.197. The Morgan fingerprint density at radius 2 is 1.72 bits per heavy atom. The Bertz CT molecular complexity index is 2170. The van der Waals surface area contributed by atoms with Crippen molar-refractivity contribution in [3.63, 3.8) is 0 Å². The summed E-state index contributed by atoms with van der Waals surface area (Å²) in [6.45, 7) is 4.66. The van der Waals surface area contributed by atoms with Gasteiger partial charge in [0.1, 0.15) is 42.6 Å². The Labute approximate surface area is 318 Å². The highest BCUT2D eigenvalue weighted by Crippen LogP contribution is 2.41. The van der Waals surface area contributed by atoms with Crippen LogP contribution >= 0.6 is 11.6 Å². The molecule has 3 aromatic carbocycles. The van der Waals surface area contributed by atoms with Crippen LogP contribution in [-0.4, -0.2) is 74.1 Å². The van der Waals surface area contributed by atoms with Crippen molar-refractivity contribution in [3.05, 3.63) is 111 Å². The number of nitrogens with zero attached hydrogens (tertiary/aromatic N) is 5. The number of benzene rings is 3. The predicted molar refractivity (Wildman–Crippen MR) is 203 cm³/mol. The van der Waals surface area contributed by atoms with Gasteiger partial charge in [0.2, 0.25) is 0 Å². The van der Waals surface area contributed by atoms with Crippen molar-refractivity contribution in [3.8, 4) is 28.5 Å². The van der Waals surface area contributed by atoms with Gasteiger partial charge < -0.3 is 34.1 Å². The van der Waals surface area contributed by atoms with E-state index in [1.165, 1.54) is 0 Å². The molecule has 0 saturated carbocycles. The number of hydrogen-bond acceptors (Lipinski definition) is 10. The molecule has 5 heterocycles. The molecule has 8 rings (SSSR count). The van der Waals surface area contributed by atoms with Gasteiger partial charge in [-0.25, -0.2) is 13.8 Å². The van der Waals surface area contributed by atoms with Crippen LogP contribution in [-0.2, 0) is 17.8 Å². The molecule has 4 aliphatic heterocycles. The molecule has 13 heteroatoms. The minimum atomic E-state index is -0.902. The molecular weight excluding hydrogens is 714 g/mol. The van der Waals surface area contributed by atoms with Crippen molar-refractivity contribution in [1.29, 1.82) is 0 Å². The van der Waals surface area contributed by atoms with Gasteiger partial charge in [-0.05, 0) is 79.4 Å². The van der Waals surface area contributed by atoms with Crippen molar-refractivity contribution in [2.45, 2.75) is 51.0 Å². The Morgan fingerprint density at radius 3 is 2.39 bits per heavy atom. The maximum absolute atomic E-state index is 17.3. The maximum Gasteiger partial charge on any atom is 0.302 e. The van der Waals surface area contributed by atoms with Gasteiger partial charge in [-0.3, -0.25) is 9.89 Å². The molecule has 1 aromatic heterocycles. The minimum absolute atomic E-state index is 0.0697. The second-order valence-electron chi connectivity index (χ2n) is 14.4. The third kappa shape index (κ3) is 6.77. The number of alkyl halides is 1. The van der Waals surface area contributed by atoms with Gasteiger partial charge in [-0.1, -0.05) is 35.9 Å². The van der Waals surface area contributed by atoms with E-state index in [4.69, 9.17) is 35.5 Å². The molecule has 0 radical (unpaired) electrons. The Hall–Kier alpha value is -5.07. The average Bonchev–Trinajstić information content (AvgIpc) is 3.65. The molecule has 1 N–H and O–H groups in total. The molecule has 4 aromatic rings. The number of anilines is 1. The highest BCUT2D eigenvalue weighted by molar-refractivity contribution is 6.33. The molecule has 0 bridgehead atoms.